The van der Waals surface area contributed by atoms with Crippen LogP contribution in [0.15, 0.2) is 36.5 Å². The van der Waals surface area contributed by atoms with E-state index in [0.29, 0.717) is 12.6 Å². The lowest BCUT2D eigenvalue weighted by molar-refractivity contribution is 0.134. The number of para-hydroxylation sites is 1. The number of nitrogens with two attached hydrogens (primary N) is 1. The summed E-state index contributed by atoms with van der Waals surface area (Å²) in [7, 11) is 0. The summed E-state index contributed by atoms with van der Waals surface area (Å²) in [5, 5.41) is 1.21. The fourth-order valence-corrected chi connectivity index (χ4v) is 3.54. The molecule has 21 heavy (non-hydrogen) atoms. The molecule has 2 N–H and O–H groups in total. The van der Waals surface area contributed by atoms with Crippen molar-refractivity contribution in [2.24, 2.45) is 11.7 Å². The van der Waals surface area contributed by atoms with E-state index in [1.807, 2.05) is 12.3 Å². The second-order valence-electron chi connectivity index (χ2n) is 6.06. The summed E-state index contributed by atoms with van der Waals surface area (Å²) in [6.45, 7) is 5.27. The Morgan fingerprint density at radius 2 is 2.00 bits per heavy atom. The van der Waals surface area contributed by atoms with E-state index in [-0.39, 0.29) is 0 Å². The molecule has 1 fully saturated rings. The predicted octanol–water partition coefficient (Wildman–Crippen LogP) is 3.36. The molecule has 112 valence electrons. The number of rotatable bonds is 4. The van der Waals surface area contributed by atoms with Crippen LogP contribution in [0.3, 0.4) is 0 Å². The van der Waals surface area contributed by atoms with Crippen molar-refractivity contribution in [3.05, 3.63) is 42.1 Å². The highest BCUT2D eigenvalue weighted by atomic mass is 15.2. The summed E-state index contributed by atoms with van der Waals surface area (Å²) in [4.78, 5) is 7.14. The second-order valence-corrected chi connectivity index (χ2v) is 6.06. The number of aromatic nitrogens is 1. The van der Waals surface area contributed by atoms with Crippen molar-refractivity contribution in [1.29, 1.82) is 0 Å². The van der Waals surface area contributed by atoms with Gasteiger partial charge in [-0.1, -0.05) is 37.6 Å². The Kier molecular flexibility index (Phi) is 4.51. The minimum atomic E-state index is 0.293. The first-order valence-electron chi connectivity index (χ1n) is 8.11. The Morgan fingerprint density at radius 3 is 2.71 bits per heavy atom. The predicted molar refractivity (Wildman–Crippen MR) is 88.1 cm³/mol. The monoisotopic (exact) mass is 283 g/mol. The number of likely N-dealkylation sites (tertiary alicyclic amines) is 1. The fourth-order valence-electron chi connectivity index (χ4n) is 3.54. The van der Waals surface area contributed by atoms with Gasteiger partial charge in [0.05, 0.1) is 5.52 Å². The standard InChI is InChI=1S/C18H25N3/c1-2-14-8-11-21(12-9-14)17(13-19)16-7-3-5-15-6-4-10-20-18(15)16/h3-7,10,14,17H,2,8-9,11-13,19H2,1H3. The summed E-state index contributed by atoms with van der Waals surface area (Å²) in [5.41, 5.74) is 8.51. The summed E-state index contributed by atoms with van der Waals surface area (Å²) in [6, 6.07) is 10.9. The number of hydrogen-bond donors (Lipinski definition) is 1. The molecule has 3 rings (SSSR count). The molecule has 1 aliphatic heterocycles. The van der Waals surface area contributed by atoms with Crippen LogP contribution in [-0.4, -0.2) is 29.5 Å². The van der Waals surface area contributed by atoms with Gasteiger partial charge in [0.2, 0.25) is 0 Å². The Bertz CT molecular complexity index is 583. The molecule has 1 saturated heterocycles. The van der Waals surface area contributed by atoms with E-state index < -0.39 is 0 Å². The highest BCUT2D eigenvalue weighted by molar-refractivity contribution is 5.82. The summed E-state index contributed by atoms with van der Waals surface area (Å²) in [6.07, 6.45) is 5.77. The van der Waals surface area contributed by atoms with Gasteiger partial charge in [0.15, 0.2) is 0 Å². The van der Waals surface area contributed by atoms with Crippen molar-refractivity contribution in [1.82, 2.24) is 9.88 Å². The van der Waals surface area contributed by atoms with Crippen molar-refractivity contribution >= 4 is 10.9 Å². The number of piperidine rings is 1. The van der Waals surface area contributed by atoms with Gasteiger partial charge in [0.25, 0.3) is 0 Å². The van der Waals surface area contributed by atoms with Gasteiger partial charge in [-0.15, -0.1) is 0 Å². The topological polar surface area (TPSA) is 42.1 Å². The van der Waals surface area contributed by atoms with Crippen LogP contribution in [0.25, 0.3) is 10.9 Å². The average molecular weight is 283 g/mol. The molecule has 1 unspecified atom stereocenters. The maximum absolute atomic E-state index is 6.12. The van der Waals surface area contributed by atoms with E-state index in [9.17, 15) is 0 Å². The molecule has 0 saturated carbocycles. The molecule has 2 aromatic rings. The van der Waals surface area contributed by atoms with Crippen LogP contribution >= 0.6 is 0 Å². The van der Waals surface area contributed by atoms with Gasteiger partial charge in [-0.25, -0.2) is 0 Å². The number of fused-ring (bicyclic) bond motifs is 1. The largest absolute Gasteiger partial charge is 0.329 e. The van der Waals surface area contributed by atoms with Crippen LogP contribution in [0.5, 0.6) is 0 Å². The van der Waals surface area contributed by atoms with E-state index in [1.54, 1.807) is 0 Å². The molecule has 2 heterocycles. The molecule has 1 atom stereocenters. The first-order chi connectivity index (χ1) is 10.3. The quantitative estimate of drug-likeness (QED) is 0.935. The van der Waals surface area contributed by atoms with Crippen LogP contribution in [0.4, 0.5) is 0 Å². The van der Waals surface area contributed by atoms with Crippen LogP contribution in [-0.2, 0) is 0 Å². The van der Waals surface area contributed by atoms with Crippen LogP contribution in [0, 0.1) is 5.92 Å². The second kappa shape index (κ2) is 6.54. The van der Waals surface area contributed by atoms with E-state index in [4.69, 9.17) is 5.73 Å². The molecule has 0 bridgehead atoms. The number of nitrogens with zero attached hydrogens (tertiary/aromatic N) is 2. The van der Waals surface area contributed by atoms with Crippen LogP contribution in [0.1, 0.15) is 37.8 Å². The molecule has 0 aliphatic carbocycles. The molecular formula is C18H25N3. The third kappa shape index (κ3) is 2.94. The molecule has 1 aromatic heterocycles. The van der Waals surface area contributed by atoms with Crippen molar-refractivity contribution in [2.45, 2.75) is 32.2 Å². The first kappa shape index (κ1) is 14.5. The zero-order chi connectivity index (χ0) is 14.7. The smallest absolute Gasteiger partial charge is 0.0750 e. The van der Waals surface area contributed by atoms with Crippen molar-refractivity contribution in [3.8, 4) is 0 Å². The number of benzene rings is 1. The maximum atomic E-state index is 6.12. The molecule has 3 nitrogen and oxygen atoms in total. The van der Waals surface area contributed by atoms with Crippen LogP contribution in [0.2, 0.25) is 0 Å². The molecule has 0 amide bonds. The molecule has 0 radical (unpaired) electrons. The van der Waals surface area contributed by atoms with Gasteiger partial charge in [-0.2, -0.15) is 0 Å². The zero-order valence-corrected chi connectivity index (χ0v) is 12.8. The van der Waals surface area contributed by atoms with Crippen molar-refractivity contribution in [3.63, 3.8) is 0 Å². The zero-order valence-electron chi connectivity index (χ0n) is 12.8. The lowest BCUT2D eigenvalue weighted by atomic mass is 9.92. The highest BCUT2D eigenvalue weighted by Gasteiger charge is 2.25. The van der Waals surface area contributed by atoms with E-state index in [0.717, 1.165) is 24.5 Å². The lowest BCUT2D eigenvalue weighted by Gasteiger charge is -2.37. The number of hydrogen-bond acceptors (Lipinski definition) is 3. The maximum Gasteiger partial charge on any atom is 0.0750 e. The SMILES string of the molecule is CCC1CCN(C(CN)c2cccc3cccnc23)CC1. The summed E-state index contributed by atoms with van der Waals surface area (Å²) in [5.74, 6) is 0.894. The van der Waals surface area contributed by atoms with E-state index in [2.05, 4.69) is 41.1 Å². The molecule has 0 spiro atoms. The minimum absolute atomic E-state index is 0.293. The van der Waals surface area contributed by atoms with Crippen LogP contribution < -0.4 is 5.73 Å². The third-order valence-electron chi connectivity index (χ3n) is 4.91. The van der Waals surface area contributed by atoms with Gasteiger partial charge in [0, 0.05) is 24.2 Å². The molecule has 1 aromatic carbocycles. The average Bonchev–Trinajstić information content (AvgIpc) is 2.56. The Morgan fingerprint density at radius 1 is 1.24 bits per heavy atom. The molecular weight excluding hydrogens is 258 g/mol. The van der Waals surface area contributed by atoms with Gasteiger partial charge in [0.1, 0.15) is 0 Å². The van der Waals surface area contributed by atoms with Gasteiger partial charge in [-0.05, 0) is 43.5 Å². The van der Waals surface area contributed by atoms with Gasteiger partial charge < -0.3 is 5.73 Å². The summed E-state index contributed by atoms with van der Waals surface area (Å²) < 4.78 is 0. The Hall–Kier alpha value is -1.45. The fraction of sp³-hybridized carbons (Fsp3) is 0.500. The minimum Gasteiger partial charge on any atom is -0.329 e. The Labute approximate surface area is 127 Å². The van der Waals surface area contributed by atoms with E-state index >= 15 is 0 Å². The molecule has 3 heteroatoms. The first-order valence-corrected chi connectivity index (χ1v) is 8.11. The molecule has 1 aliphatic rings. The van der Waals surface area contributed by atoms with Gasteiger partial charge in [-0.3, -0.25) is 9.88 Å². The van der Waals surface area contributed by atoms with Gasteiger partial charge >= 0.3 is 0 Å². The summed E-state index contributed by atoms with van der Waals surface area (Å²) >= 11 is 0. The highest BCUT2D eigenvalue weighted by Crippen LogP contribution is 2.30. The van der Waals surface area contributed by atoms with Crippen molar-refractivity contribution < 1.29 is 0 Å². The Balaban J connectivity index is 1.88. The normalized spacial score (nSPS) is 19.0. The van der Waals surface area contributed by atoms with E-state index in [1.165, 1.54) is 30.2 Å². The third-order valence-corrected chi connectivity index (χ3v) is 4.91. The lowest BCUT2D eigenvalue weighted by Crippen LogP contribution is -2.39. The van der Waals surface area contributed by atoms with Crippen molar-refractivity contribution in [2.75, 3.05) is 19.6 Å². The number of pyridine rings is 1.